The first kappa shape index (κ1) is 13.8. The summed E-state index contributed by atoms with van der Waals surface area (Å²) >= 11 is 0. The van der Waals surface area contributed by atoms with Crippen LogP contribution in [0.2, 0.25) is 0 Å². The van der Waals surface area contributed by atoms with E-state index in [4.69, 9.17) is 15.0 Å². The Morgan fingerprint density at radius 2 is 2.35 bits per heavy atom. The SMILES string of the molecule is CCOC(=O)C(=[N+]=[N-])C(O)[C@H]1COC(C)(C)O1. The second-order valence-corrected chi connectivity index (χ2v) is 4.02. The maximum Gasteiger partial charge on any atom is 0.419 e. The van der Waals surface area contributed by atoms with E-state index in [2.05, 4.69) is 9.53 Å². The van der Waals surface area contributed by atoms with Gasteiger partial charge in [-0.1, -0.05) is 0 Å². The number of hydrogen-bond donors (Lipinski definition) is 1. The summed E-state index contributed by atoms with van der Waals surface area (Å²) in [6, 6.07) is 0. The monoisotopic (exact) mass is 244 g/mol. The van der Waals surface area contributed by atoms with E-state index >= 15 is 0 Å². The highest BCUT2D eigenvalue weighted by atomic mass is 16.7. The highest BCUT2D eigenvalue weighted by molar-refractivity contribution is 6.35. The molecule has 0 aromatic heterocycles. The number of nitrogens with zero attached hydrogens (tertiary/aromatic N) is 2. The van der Waals surface area contributed by atoms with Gasteiger partial charge in [0.2, 0.25) is 0 Å². The molecule has 0 aromatic rings. The lowest BCUT2D eigenvalue weighted by molar-refractivity contribution is -0.153. The molecule has 1 aliphatic rings. The van der Waals surface area contributed by atoms with Crippen LogP contribution in [0.25, 0.3) is 5.53 Å². The smallest absolute Gasteiger partial charge is 0.419 e. The van der Waals surface area contributed by atoms with E-state index in [9.17, 15) is 9.90 Å². The number of aliphatic hydroxyl groups is 1. The summed E-state index contributed by atoms with van der Waals surface area (Å²) in [5.74, 6) is -1.71. The first-order chi connectivity index (χ1) is 7.91. The number of hydrogen-bond acceptors (Lipinski definition) is 5. The number of aliphatic hydroxyl groups excluding tert-OH is 1. The van der Waals surface area contributed by atoms with Crippen LogP contribution >= 0.6 is 0 Å². The summed E-state index contributed by atoms with van der Waals surface area (Å²) in [7, 11) is 0. The van der Waals surface area contributed by atoms with Crippen LogP contribution in [0, 0.1) is 0 Å². The molecule has 1 heterocycles. The van der Waals surface area contributed by atoms with E-state index in [1.54, 1.807) is 20.8 Å². The highest BCUT2D eigenvalue weighted by Crippen LogP contribution is 2.24. The second-order valence-electron chi connectivity index (χ2n) is 4.02. The third-order valence-electron chi connectivity index (χ3n) is 2.26. The molecule has 0 aromatic carbocycles. The lowest BCUT2D eigenvalue weighted by atomic mass is 10.1. The van der Waals surface area contributed by atoms with Gasteiger partial charge in [-0.25, -0.2) is 4.79 Å². The van der Waals surface area contributed by atoms with Crippen molar-refractivity contribution in [1.82, 2.24) is 0 Å². The molecule has 17 heavy (non-hydrogen) atoms. The van der Waals surface area contributed by atoms with Gasteiger partial charge in [-0.2, -0.15) is 4.79 Å². The van der Waals surface area contributed by atoms with Gasteiger partial charge in [0.1, 0.15) is 6.10 Å². The molecule has 0 amide bonds. The van der Waals surface area contributed by atoms with Crippen LogP contribution in [0.3, 0.4) is 0 Å². The summed E-state index contributed by atoms with van der Waals surface area (Å²) in [5.41, 5.74) is 8.23. The Balaban J connectivity index is 2.72. The third-order valence-corrected chi connectivity index (χ3v) is 2.26. The molecule has 0 saturated carbocycles. The van der Waals surface area contributed by atoms with Gasteiger partial charge in [0.15, 0.2) is 11.9 Å². The molecular weight excluding hydrogens is 228 g/mol. The average Bonchev–Trinajstić information content (AvgIpc) is 2.60. The minimum atomic E-state index is -1.39. The Morgan fingerprint density at radius 3 is 2.76 bits per heavy atom. The molecule has 0 aliphatic carbocycles. The predicted octanol–water partition coefficient (Wildman–Crippen LogP) is -0.267. The molecule has 2 atom stereocenters. The van der Waals surface area contributed by atoms with Crippen LogP contribution in [0.1, 0.15) is 20.8 Å². The van der Waals surface area contributed by atoms with Crippen molar-refractivity contribution in [2.24, 2.45) is 0 Å². The molecule has 96 valence electrons. The van der Waals surface area contributed by atoms with Crippen LogP contribution in [0.15, 0.2) is 0 Å². The maximum atomic E-state index is 11.4. The number of ether oxygens (including phenoxy) is 3. The molecule has 0 bridgehead atoms. The van der Waals surface area contributed by atoms with Gasteiger partial charge in [0, 0.05) is 0 Å². The Morgan fingerprint density at radius 1 is 1.71 bits per heavy atom. The summed E-state index contributed by atoms with van der Waals surface area (Å²) < 4.78 is 15.2. The molecule has 1 N–H and O–H groups in total. The minimum Gasteiger partial charge on any atom is -0.457 e. The van der Waals surface area contributed by atoms with Crippen LogP contribution in [-0.4, -0.2) is 52.8 Å². The van der Waals surface area contributed by atoms with Crippen LogP contribution in [0.5, 0.6) is 0 Å². The normalized spacial score (nSPS) is 23.9. The van der Waals surface area contributed by atoms with Gasteiger partial charge in [0.25, 0.3) is 0 Å². The average molecular weight is 244 g/mol. The Hall–Kier alpha value is -1.27. The molecule has 0 spiro atoms. The van der Waals surface area contributed by atoms with Crippen LogP contribution in [-0.2, 0) is 19.0 Å². The second kappa shape index (κ2) is 5.37. The number of rotatable bonds is 4. The van der Waals surface area contributed by atoms with Crippen molar-refractivity contribution >= 4 is 11.7 Å². The summed E-state index contributed by atoms with van der Waals surface area (Å²) in [6.07, 6.45) is -2.15. The van der Waals surface area contributed by atoms with Crippen molar-refractivity contribution in [2.45, 2.75) is 38.8 Å². The molecule has 1 rings (SSSR count). The van der Waals surface area contributed by atoms with Gasteiger partial charge in [-0.3, -0.25) is 0 Å². The zero-order valence-electron chi connectivity index (χ0n) is 10.0. The minimum absolute atomic E-state index is 0.104. The summed E-state index contributed by atoms with van der Waals surface area (Å²) in [6.45, 7) is 5.20. The number of carbonyl (C=O) groups excluding carboxylic acids is 1. The Kier molecular flexibility index (Phi) is 4.36. The van der Waals surface area contributed by atoms with E-state index in [-0.39, 0.29) is 13.2 Å². The molecular formula is C10H16N2O5. The first-order valence-corrected chi connectivity index (χ1v) is 5.30. The van der Waals surface area contributed by atoms with E-state index in [0.717, 1.165) is 0 Å². The van der Waals surface area contributed by atoms with Gasteiger partial charge in [-0.15, -0.1) is 0 Å². The Bertz CT molecular complexity index is 349. The van der Waals surface area contributed by atoms with E-state index in [1.807, 2.05) is 0 Å². The van der Waals surface area contributed by atoms with Crippen LogP contribution in [0.4, 0.5) is 0 Å². The van der Waals surface area contributed by atoms with Crippen molar-refractivity contribution in [2.75, 3.05) is 13.2 Å². The summed E-state index contributed by atoms with van der Waals surface area (Å²) in [4.78, 5) is 14.1. The van der Waals surface area contributed by atoms with Crippen molar-refractivity contribution in [1.29, 1.82) is 0 Å². The topological polar surface area (TPSA) is 101 Å². The third kappa shape index (κ3) is 3.34. The van der Waals surface area contributed by atoms with E-state index < -0.39 is 29.7 Å². The summed E-state index contributed by atoms with van der Waals surface area (Å²) in [5, 5.41) is 9.84. The standard InChI is InChI=1S/C10H16N2O5/c1-4-15-9(14)7(12-11)8(13)6-5-16-10(2,3)17-6/h6,8,13H,4-5H2,1-3H3/t6-,8?/m1/s1. The molecule has 1 unspecified atom stereocenters. The zero-order valence-corrected chi connectivity index (χ0v) is 10.0. The number of carbonyl (C=O) groups is 1. The molecule has 1 saturated heterocycles. The lowest BCUT2D eigenvalue weighted by Crippen LogP contribution is -2.42. The fraction of sp³-hybridized carbons (Fsp3) is 0.800. The fourth-order valence-electron chi connectivity index (χ4n) is 1.47. The highest BCUT2D eigenvalue weighted by Gasteiger charge is 2.44. The van der Waals surface area contributed by atoms with Gasteiger partial charge < -0.3 is 24.8 Å². The zero-order chi connectivity index (χ0) is 13.1. The predicted molar refractivity (Wildman–Crippen MR) is 56.2 cm³/mol. The molecule has 7 nitrogen and oxygen atoms in total. The van der Waals surface area contributed by atoms with E-state index in [0.29, 0.717) is 0 Å². The van der Waals surface area contributed by atoms with Crippen molar-refractivity contribution in [3.8, 4) is 0 Å². The van der Waals surface area contributed by atoms with E-state index in [1.165, 1.54) is 0 Å². The van der Waals surface area contributed by atoms with Crippen molar-refractivity contribution in [3.05, 3.63) is 5.53 Å². The largest absolute Gasteiger partial charge is 0.457 e. The van der Waals surface area contributed by atoms with Gasteiger partial charge in [0.05, 0.1) is 13.2 Å². The van der Waals surface area contributed by atoms with Gasteiger partial charge in [-0.05, 0) is 20.8 Å². The number of esters is 1. The molecule has 1 aliphatic heterocycles. The quantitative estimate of drug-likeness (QED) is 0.317. The lowest BCUT2D eigenvalue weighted by Gasteiger charge is -2.18. The molecule has 7 heteroatoms. The first-order valence-electron chi connectivity index (χ1n) is 5.30. The Labute approximate surface area is 98.9 Å². The molecule has 0 radical (unpaired) electrons. The van der Waals surface area contributed by atoms with Crippen molar-refractivity contribution in [3.63, 3.8) is 0 Å². The maximum absolute atomic E-state index is 11.4. The van der Waals surface area contributed by atoms with Gasteiger partial charge >= 0.3 is 11.7 Å². The fourth-order valence-corrected chi connectivity index (χ4v) is 1.47. The van der Waals surface area contributed by atoms with Crippen LogP contribution < -0.4 is 0 Å². The van der Waals surface area contributed by atoms with Crippen molar-refractivity contribution < 1.29 is 28.9 Å². The molecule has 1 fully saturated rings.